The van der Waals surface area contributed by atoms with Gasteiger partial charge in [0.15, 0.2) is 0 Å². The Morgan fingerprint density at radius 2 is 2.12 bits per heavy atom. The second-order valence-corrected chi connectivity index (χ2v) is 5.13. The molecule has 0 N–H and O–H groups in total. The standard InChI is InChI=1S/C12H17NO3S/c1-9-4-5-10(6-11(9)13(14)15)16-7-12(2,3)8-17/h4-6,17H,7-8H2,1-3H3. The van der Waals surface area contributed by atoms with E-state index in [0.717, 1.165) is 0 Å². The third-order valence-corrected chi connectivity index (χ3v) is 3.29. The molecule has 0 saturated carbocycles. The number of benzene rings is 1. The molecule has 0 amide bonds. The molecule has 94 valence electrons. The predicted octanol–water partition coefficient (Wildman–Crippen LogP) is 3.24. The first-order chi connectivity index (χ1) is 7.85. The van der Waals surface area contributed by atoms with E-state index in [2.05, 4.69) is 12.6 Å². The van der Waals surface area contributed by atoms with Gasteiger partial charge in [-0.25, -0.2) is 0 Å². The van der Waals surface area contributed by atoms with Crippen molar-refractivity contribution in [2.45, 2.75) is 20.8 Å². The van der Waals surface area contributed by atoms with Crippen LogP contribution in [0.25, 0.3) is 0 Å². The Morgan fingerprint density at radius 1 is 1.47 bits per heavy atom. The third-order valence-electron chi connectivity index (χ3n) is 2.43. The molecule has 0 heterocycles. The lowest BCUT2D eigenvalue weighted by molar-refractivity contribution is -0.385. The summed E-state index contributed by atoms with van der Waals surface area (Å²) in [6, 6.07) is 4.90. The zero-order valence-electron chi connectivity index (χ0n) is 10.3. The number of rotatable bonds is 5. The first kappa shape index (κ1) is 13.8. The molecule has 1 aromatic rings. The maximum atomic E-state index is 10.8. The van der Waals surface area contributed by atoms with Crippen molar-refractivity contribution in [2.75, 3.05) is 12.4 Å². The maximum Gasteiger partial charge on any atom is 0.275 e. The molecule has 0 bridgehead atoms. The van der Waals surface area contributed by atoms with Gasteiger partial charge in [-0.05, 0) is 24.8 Å². The largest absolute Gasteiger partial charge is 0.493 e. The summed E-state index contributed by atoms with van der Waals surface area (Å²) >= 11 is 4.23. The molecule has 0 aliphatic heterocycles. The SMILES string of the molecule is Cc1ccc(OCC(C)(C)CS)cc1[N+](=O)[O-]. The summed E-state index contributed by atoms with van der Waals surface area (Å²) in [7, 11) is 0. The number of nitro groups is 1. The number of nitrogens with zero attached hydrogens (tertiary/aromatic N) is 1. The van der Waals surface area contributed by atoms with Gasteiger partial charge in [0, 0.05) is 11.0 Å². The summed E-state index contributed by atoms with van der Waals surface area (Å²) in [5, 5.41) is 10.8. The molecule has 0 radical (unpaired) electrons. The Balaban J connectivity index is 2.80. The predicted molar refractivity (Wildman–Crippen MR) is 71.0 cm³/mol. The smallest absolute Gasteiger partial charge is 0.275 e. The normalized spacial score (nSPS) is 11.3. The average Bonchev–Trinajstić information content (AvgIpc) is 2.27. The number of aryl methyl sites for hydroxylation is 1. The number of thiol groups is 1. The molecule has 0 atom stereocenters. The number of nitro benzene ring substituents is 1. The Morgan fingerprint density at radius 3 is 2.65 bits per heavy atom. The van der Waals surface area contributed by atoms with E-state index >= 15 is 0 Å². The third kappa shape index (κ3) is 3.93. The van der Waals surface area contributed by atoms with Crippen molar-refractivity contribution >= 4 is 18.3 Å². The van der Waals surface area contributed by atoms with Gasteiger partial charge in [-0.2, -0.15) is 12.6 Å². The molecule has 1 rings (SSSR count). The Kier molecular flexibility index (Phi) is 4.40. The lowest BCUT2D eigenvalue weighted by Crippen LogP contribution is -2.23. The Hall–Kier alpha value is -1.23. The number of ether oxygens (including phenoxy) is 1. The van der Waals surface area contributed by atoms with Crippen LogP contribution < -0.4 is 4.74 Å². The topological polar surface area (TPSA) is 52.4 Å². The van der Waals surface area contributed by atoms with Gasteiger partial charge in [0.05, 0.1) is 17.6 Å². The molecule has 4 nitrogen and oxygen atoms in total. The Bertz CT molecular complexity index is 418. The first-order valence-electron chi connectivity index (χ1n) is 5.34. The molecule has 0 saturated heterocycles. The first-order valence-corrected chi connectivity index (χ1v) is 5.98. The molecule has 1 aromatic carbocycles. The van der Waals surface area contributed by atoms with Gasteiger partial charge >= 0.3 is 0 Å². The van der Waals surface area contributed by atoms with E-state index in [1.165, 1.54) is 6.07 Å². The van der Waals surface area contributed by atoms with Crippen LogP contribution in [0.5, 0.6) is 5.75 Å². The summed E-state index contributed by atoms with van der Waals surface area (Å²) in [6.07, 6.45) is 0. The van der Waals surface area contributed by atoms with E-state index in [1.807, 2.05) is 13.8 Å². The molecule has 5 heteroatoms. The fourth-order valence-electron chi connectivity index (χ4n) is 1.20. The van der Waals surface area contributed by atoms with Gasteiger partial charge in [0.2, 0.25) is 0 Å². The van der Waals surface area contributed by atoms with E-state index in [-0.39, 0.29) is 11.1 Å². The summed E-state index contributed by atoms with van der Waals surface area (Å²) in [5.74, 6) is 1.22. The number of hydrogen-bond acceptors (Lipinski definition) is 4. The second-order valence-electron chi connectivity index (χ2n) is 4.82. The zero-order valence-corrected chi connectivity index (χ0v) is 11.2. The molecule has 0 aromatic heterocycles. The zero-order chi connectivity index (χ0) is 13.1. The van der Waals surface area contributed by atoms with Gasteiger partial charge in [0.25, 0.3) is 5.69 Å². The van der Waals surface area contributed by atoms with Gasteiger partial charge in [-0.15, -0.1) is 0 Å². The van der Waals surface area contributed by atoms with Crippen molar-refractivity contribution in [2.24, 2.45) is 5.41 Å². The van der Waals surface area contributed by atoms with Crippen molar-refractivity contribution in [1.82, 2.24) is 0 Å². The van der Waals surface area contributed by atoms with Gasteiger partial charge in [0.1, 0.15) is 5.75 Å². The maximum absolute atomic E-state index is 10.8. The molecule has 0 spiro atoms. The van der Waals surface area contributed by atoms with Crippen LogP contribution in [0, 0.1) is 22.5 Å². The van der Waals surface area contributed by atoms with Crippen molar-refractivity contribution in [3.63, 3.8) is 0 Å². The monoisotopic (exact) mass is 255 g/mol. The quantitative estimate of drug-likeness (QED) is 0.499. The van der Waals surface area contributed by atoms with Crippen molar-refractivity contribution in [1.29, 1.82) is 0 Å². The van der Waals surface area contributed by atoms with Gasteiger partial charge < -0.3 is 4.74 Å². The minimum atomic E-state index is -0.397. The molecule has 0 unspecified atom stereocenters. The second kappa shape index (κ2) is 5.40. The molecule has 17 heavy (non-hydrogen) atoms. The van der Waals surface area contributed by atoms with E-state index in [0.29, 0.717) is 23.7 Å². The van der Waals surface area contributed by atoms with Crippen molar-refractivity contribution in [3.05, 3.63) is 33.9 Å². The van der Waals surface area contributed by atoms with Crippen molar-refractivity contribution < 1.29 is 9.66 Å². The van der Waals surface area contributed by atoms with E-state index in [9.17, 15) is 10.1 Å². The minimum absolute atomic E-state index is 0.0528. The highest BCUT2D eigenvalue weighted by Crippen LogP contribution is 2.26. The average molecular weight is 255 g/mol. The molecule has 0 aliphatic carbocycles. The van der Waals surface area contributed by atoms with Crippen LogP contribution in [0.2, 0.25) is 0 Å². The summed E-state index contributed by atoms with van der Waals surface area (Å²) < 4.78 is 5.55. The molecular formula is C12H17NO3S. The van der Waals surface area contributed by atoms with Crippen LogP contribution in [0.3, 0.4) is 0 Å². The highest BCUT2D eigenvalue weighted by molar-refractivity contribution is 7.80. The lowest BCUT2D eigenvalue weighted by Gasteiger charge is -2.22. The number of hydrogen-bond donors (Lipinski definition) is 1. The van der Waals surface area contributed by atoms with Gasteiger partial charge in [-0.1, -0.05) is 13.8 Å². The van der Waals surface area contributed by atoms with E-state index in [1.54, 1.807) is 19.1 Å². The van der Waals surface area contributed by atoms with Crippen LogP contribution in [-0.4, -0.2) is 17.3 Å². The highest BCUT2D eigenvalue weighted by atomic mass is 32.1. The fourth-order valence-corrected chi connectivity index (χ4v) is 1.29. The summed E-state index contributed by atoms with van der Waals surface area (Å²) in [5.41, 5.74) is 0.671. The lowest BCUT2D eigenvalue weighted by atomic mass is 9.98. The molecule has 0 aliphatic rings. The Labute approximate surface area is 107 Å². The molecular weight excluding hydrogens is 238 g/mol. The summed E-state index contributed by atoms with van der Waals surface area (Å²) in [6.45, 7) is 6.25. The van der Waals surface area contributed by atoms with Crippen molar-refractivity contribution in [3.8, 4) is 5.75 Å². The van der Waals surface area contributed by atoms with Crippen LogP contribution in [0.1, 0.15) is 19.4 Å². The fraction of sp³-hybridized carbons (Fsp3) is 0.500. The molecule has 0 fully saturated rings. The van der Waals surface area contributed by atoms with Crippen LogP contribution in [0.15, 0.2) is 18.2 Å². The van der Waals surface area contributed by atoms with E-state index < -0.39 is 4.92 Å². The highest BCUT2D eigenvalue weighted by Gasteiger charge is 2.18. The van der Waals surface area contributed by atoms with E-state index in [4.69, 9.17) is 4.74 Å². The van der Waals surface area contributed by atoms with Gasteiger partial charge in [-0.3, -0.25) is 10.1 Å². The van der Waals surface area contributed by atoms with Crippen LogP contribution in [-0.2, 0) is 0 Å². The summed E-state index contributed by atoms with van der Waals surface area (Å²) in [4.78, 5) is 10.4. The van der Waals surface area contributed by atoms with Crippen LogP contribution >= 0.6 is 12.6 Å². The minimum Gasteiger partial charge on any atom is -0.493 e. The van der Waals surface area contributed by atoms with Crippen LogP contribution in [0.4, 0.5) is 5.69 Å².